The second kappa shape index (κ2) is 9.52. The van der Waals surface area contributed by atoms with Crippen molar-refractivity contribution in [2.24, 2.45) is 0 Å². The first-order valence-corrected chi connectivity index (χ1v) is 11.6. The zero-order chi connectivity index (χ0) is 23.7. The van der Waals surface area contributed by atoms with Gasteiger partial charge in [0.15, 0.2) is 5.11 Å². The van der Waals surface area contributed by atoms with Crippen molar-refractivity contribution in [3.63, 3.8) is 0 Å². The van der Waals surface area contributed by atoms with Crippen LogP contribution in [0.1, 0.15) is 37.3 Å². The number of thiocarbonyl (C=S) groups is 1. The molecule has 34 heavy (non-hydrogen) atoms. The van der Waals surface area contributed by atoms with Crippen LogP contribution < -0.4 is 10.1 Å². The van der Waals surface area contributed by atoms with Gasteiger partial charge in [-0.05, 0) is 61.8 Å². The van der Waals surface area contributed by atoms with Crippen molar-refractivity contribution < 1.29 is 18.4 Å². The Kier molecular flexibility index (Phi) is 6.30. The maximum atomic E-state index is 13.8. The van der Waals surface area contributed by atoms with Crippen LogP contribution in [-0.4, -0.2) is 46.5 Å². The van der Waals surface area contributed by atoms with E-state index in [1.807, 2.05) is 36.1 Å². The number of halogens is 1. The van der Waals surface area contributed by atoms with E-state index in [9.17, 15) is 4.39 Å². The highest BCUT2D eigenvalue weighted by Gasteiger charge is 2.35. The molecule has 2 aromatic carbocycles. The molecule has 0 amide bonds. The van der Waals surface area contributed by atoms with Gasteiger partial charge in [0, 0.05) is 17.9 Å². The molecule has 176 valence electrons. The molecule has 1 saturated heterocycles. The van der Waals surface area contributed by atoms with E-state index in [-0.39, 0.29) is 18.0 Å². The summed E-state index contributed by atoms with van der Waals surface area (Å²) in [7, 11) is 1.63. The molecule has 2 unspecified atom stereocenters. The molecule has 3 aromatic rings. The van der Waals surface area contributed by atoms with Gasteiger partial charge in [-0.2, -0.15) is 4.98 Å². The van der Waals surface area contributed by atoms with Crippen LogP contribution in [0.3, 0.4) is 0 Å². The first-order chi connectivity index (χ1) is 16.5. The molecule has 5 rings (SSSR count). The van der Waals surface area contributed by atoms with Gasteiger partial charge in [0.05, 0.1) is 31.4 Å². The predicted molar refractivity (Wildman–Crippen MR) is 129 cm³/mol. The quantitative estimate of drug-likeness (QED) is 0.508. The minimum atomic E-state index is -0.360. The number of methoxy groups -OCH3 is 1. The fraction of sp³-hybridized carbons (Fsp3) is 0.320. The normalized spacial score (nSPS) is 20.6. The number of benzene rings is 2. The molecule has 0 aliphatic carbocycles. The predicted octanol–water partition coefficient (Wildman–Crippen LogP) is 4.73. The third-order valence-corrected chi connectivity index (χ3v) is 6.51. The fourth-order valence-electron chi connectivity index (χ4n) is 4.42. The topological polar surface area (TPSA) is 72.7 Å². The minimum absolute atomic E-state index is 0.106. The molecule has 0 saturated carbocycles. The third-order valence-electron chi connectivity index (χ3n) is 6.17. The molecule has 0 radical (unpaired) electrons. The highest BCUT2D eigenvalue weighted by atomic mass is 32.1. The summed E-state index contributed by atoms with van der Waals surface area (Å²) < 4.78 is 30.8. The molecule has 2 atom stereocenters. The van der Waals surface area contributed by atoms with Gasteiger partial charge in [-0.15, -0.1) is 0 Å². The molecule has 1 N–H and O–H groups in total. The molecule has 3 heterocycles. The second-order valence-corrected chi connectivity index (χ2v) is 8.72. The van der Waals surface area contributed by atoms with E-state index in [1.165, 1.54) is 12.1 Å². The largest absolute Gasteiger partial charge is 0.497 e. The number of nitrogens with zero attached hydrogens (tertiary/aromatic N) is 3. The van der Waals surface area contributed by atoms with Gasteiger partial charge in [0.2, 0.25) is 5.82 Å². The number of hydrogen-bond acceptors (Lipinski definition) is 6. The molecule has 9 heteroatoms. The van der Waals surface area contributed by atoms with Crippen molar-refractivity contribution in [1.82, 2.24) is 20.4 Å². The van der Waals surface area contributed by atoms with E-state index >= 15 is 0 Å². The number of hydrogen-bond donors (Lipinski definition) is 1. The smallest absolute Gasteiger partial charge is 0.258 e. The van der Waals surface area contributed by atoms with Gasteiger partial charge in [0.25, 0.3) is 5.89 Å². The van der Waals surface area contributed by atoms with E-state index in [0.717, 1.165) is 42.0 Å². The first kappa shape index (κ1) is 22.5. The highest BCUT2D eigenvalue weighted by molar-refractivity contribution is 7.80. The summed E-state index contributed by atoms with van der Waals surface area (Å²) >= 11 is 5.76. The Morgan fingerprint density at radius 3 is 2.85 bits per heavy atom. The lowest BCUT2D eigenvalue weighted by atomic mass is 9.94. The van der Waals surface area contributed by atoms with Crippen molar-refractivity contribution in [2.45, 2.75) is 31.9 Å². The Labute approximate surface area is 202 Å². The highest BCUT2D eigenvalue weighted by Crippen LogP contribution is 2.38. The summed E-state index contributed by atoms with van der Waals surface area (Å²) in [5.74, 6) is 1.03. The molecule has 0 bridgehead atoms. The lowest BCUT2D eigenvalue weighted by Crippen LogP contribution is -2.48. The zero-order valence-electron chi connectivity index (χ0n) is 19.0. The minimum Gasteiger partial charge on any atom is -0.497 e. The summed E-state index contributed by atoms with van der Waals surface area (Å²) in [6, 6.07) is 13.6. The van der Waals surface area contributed by atoms with Gasteiger partial charge < -0.3 is 24.2 Å². The fourth-order valence-corrected chi connectivity index (χ4v) is 4.75. The first-order valence-electron chi connectivity index (χ1n) is 11.2. The van der Waals surface area contributed by atoms with Crippen molar-refractivity contribution in [2.75, 3.05) is 20.3 Å². The average Bonchev–Trinajstić information content (AvgIpc) is 3.54. The zero-order valence-corrected chi connectivity index (χ0v) is 19.8. The van der Waals surface area contributed by atoms with E-state index < -0.39 is 0 Å². The van der Waals surface area contributed by atoms with Crippen LogP contribution in [0.25, 0.3) is 17.0 Å². The summed E-state index contributed by atoms with van der Waals surface area (Å²) in [5.41, 5.74) is 3.19. The van der Waals surface area contributed by atoms with Crippen molar-refractivity contribution in [3.8, 4) is 17.1 Å². The molecule has 2 aliphatic rings. The maximum absolute atomic E-state index is 13.8. The molecule has 1 aromatic heterocycles. The Morgan fingerprint density at radius 1 is 1.24 bits per heavy atom. The van der Waals surface area contributed by atoms with E-state index in [1.54, 1.807) is 19.2 Å². The van der Waals surface area contributed by atoms with Crippen molar-refractivity contribution >= 4 is 22.9 Å². The Hall–Kier alpha value is -3.30. The molecular weight excluding hydrogens is 455 g/mol. The molecule has 2 aliphatic heterocycles. The van der Waals surface area contributed by atoms with Gasteiger partial charge in [0.1, 0.15) is 11.6 Å². The van der Waals surface area contributed by atoms with E-state index in [4.69, 9.17) is 26.2 Å². The van der Waals surface area contributed by atoms with Gasteiger partial charge in [-0.25, -0.2) is 4.39 Å². The van der Waals surface area contributed by atoms with Crippen LogP contribution in [0.15, 0.2) is 58.8 Å². The number of aromatic nitrogens is 2. The third kappa shape index (κ3) is 4.41. The molecule has 0 spiro atoms. The number of ether oxygens (including phenoxy) is 2. The standard InChI is InChI=1S/C25H25FN4O3S/c1-15-21(24-28-23(29-33-24)17-7-3-8-18(26)12-17)22(16-6-4-9-19(13-16)31-2)27-25(34)30(15)14-20-10-5-11-32-20/h3-4,6-9,12-13,20,22H,5,10-11,14H2,1-2H3,(H,27,34). The van der Waals surface area contributed by atoms with Crippen molar-refractivity contribution in [3.05, 3.63) is 71.5 Å². The SMILES string of the molecule is COc1cccc(C2NC(=S)N(CC3CCCO3)C(C)=C2c2nc(-c3cccc(F)c3)no2)c1. The van der Waals surface area contributed by atoms with Gasteiger partial charge >= 0.3 is 0 Å². The second-order valence-electron chi connectivity index (χ2n) is 8.34. The maximum Gasteiger partial charge on any atom is 0.258 e. The van der Waals surface area contributed by atoms with Gasteiger partial charge in [-0.1, -0.05) is 29.4 Å². The van der Waals surface area contributed by atoms with Crippen LogP contribution in [0, 0.1) is 5.82 Å². The van der Waals surface area contributed by atoms with Crippen LogP contribution in [-0.2, 0) is 4.74 Å². The Bertz CT molecular complexity index is 1240. The number of rotatable bonds is 6. The monoisotopic (exact) mass is 480 g/mol. The van der Waals surface area contributed by atoms with E-state index in [2.05, 4.69) is 15.5 Å². The lowest BCUT2D eigenvalue weighted by Gasteiger charge is -2.38. The summed E-state index contributed by atoms with van der Waals surface area (Å²) in [5, 5.41) is 8.18. The van der Waals surface area contributed by atoms with E-state index in [0.29, 0.717) is 28.9 Å². The lowest BCUT2D eigenvalue weighted by molar-refractivity contribution is 0.0962. The Balaban J connectivity index is 1.58. The molecule has 7 nitrogen and oxygen atoms in total. The van der Waals surface area contributed by atoms with Gasteiger partial charge in [-0.3, -0.25) is 0 Å². The average molecular weight is 481 g/mol. The summed E-state index contributed by atoms with van der Waals surface area (Å²) in [6.07, 6.45) is 2.14. The molecule has 1 fully saturated rings. The van der Waals surface area contributed by atoms with Crippen LogP contribution in [0.2, 0.25) is 0 Å². The number of nitrogens with one attached hydrogen (secondary N) is 1. The summed E-state index contributed by atoms with van der Waals surface area (Å²) in [6.45, 7) is 3.40. The summed E-state index contributed by atoms with van der Waals surface area (Å²) in [4.78, 5) is 6.66. The molecular formula is C25H25FN4O3S. The van der Waals surface area contributed by atoms with Crippen LogP contribution >= 0.6 is 12.2 Å². The number of allylic oxidation sites excluding steroid dienone is 1. The van der Waals surface area contributed by atoms with Crippen LogP contribution in [0.4, 0.5) is 4.39 Å². The van der Waals surface area contributed by atoms with Crippen LogP contribution in [0.5, 0.6) is 5.75 Å². The van der Waals surface area contributed by atoms with Crippen molar-refractivity contribution in [1.29, 1.82) is 0 Å². The Morgan fingerprint density at radius 2 is 2.09 bits per heavy atom.